The van der Waals surface area contributed by atoms with Crippen LogP contribution in [0.25, 0.3) is 22.6 Å². The number of hydrogen-bond acceptors (Lipinski definition) is 4. The quantitative estimate of drug-likeness (QED) is 0.750. The number of rotatable bonds is 5. The summed E-state index contributed by atoms with van der Waals surface area (Å²) in [5, 5.41) is 14.1. The minimum Gasteiger partial charge on any atom is -0.391 e. The van der Waals surface area contributed by atoms with Gasteiger partial charge in [-0.3, -0.25) is 4.68 Å². The number of aliphatic hydroxyl groups excluding tert-OH is 1. The molecular formula is C18H17F3N4O. The third-order valence-corrected chi connectivity index (χ3v) is 3.87. The van der Waals surface area contributed by atoms with Gasteiger partial charge in [0.25, 0.3) is 0 Å². The van der Waals surface area contributed by atoms with Crippen molar-refractivity contribution in [1.29, 1.82) is 0 Å². The number of aromatic nitrogens is 4. The first-order valence-corrected chi connectivity index (χ1v) is 8.09. The predicted octanol–water partition coefficient (Wildman–Crippen LogP) is 3.80. The summed E-state index contributed by atoms with van der Waals surface area (Å²) in [6.45, 7) is 2.26. The van der Waals surface area contributed by atoms with Gasteiger partial charge in [0.2, 0.25) is 0 Å². The molecule has 26 heavy (non-hydrogen) atoms. The molecule has 0 aliphatic heterocycles. The van der Waals surface area contributed by atoms with Crippen molar-refractivity contribution >= 4 is 0 Å². The molecule has 3 rings (SSSR count). The lowest BCUT2D eigenvalue weighted by atomic mass is 10.1. The third-order valence-electron chi connectivity index (χ3n) is 3.87. The van der Waals surface area contributed by atoms with Crippen LogP contribution in [0.5, 0.6) is 0 Å². The van der Waals surface area contributed by atoms with Crippen molar-refractivity contribution in [2.75, 3.05) is 0 Å². The fourth-order valence-corrected chi connectivity index (χ4v) is 2.44. The van der Waals surface area contributed by atoms with E-state index in [2.05, 4.69) is 15.1 Å². The second-order valence-corrected chi connectivity index (χ2v) is 5.83. The second kappa shape index (κ2) is 7.25. The minimum absolute atomic E-state index is 0.00233. The van der Waals surface area contributed by atoms with Gasteiger partial charge in [0, 0.05) is 23.5 Å². The van der Waals surface area contributed by atoms with Gasteiger partial charge >= 0.3 is 6.18 Å². The molecule has 3 aromatic rings. The zero-order valence-corrected chi connectivity index (χ0v) is 14.0. The maximum atomic E-state index is 12.8. The van der Waals surface area contributed by atoms with Crippen LogP contribution in [-0.4, -0.2) is 31.0 Å². The Bertz CT molecular complexity index is 892. The van der Waals surface area contributed by atoms with Crippen LogP contribution in [0, 0.1) is 0 Å². The van der Waals surface area contributed by atoms with Crippen molar-refractivity contribution in [3.63, 3.8) is 0 Å². The van der Waals surface area contributed by atoms with Crippen LogP contribution in [-0.2, 0) is 12.7 Å². The fraction of sp³-hybridized carbons (Fsp3) is 0.278. The molecule has 0 aliphatic carbocycles. The lowest BCUT2D eigenvalue weighted by Crippen LogP contribution is -2.14. The van der Waals surface area contributed by atoms with Crippen LogP contribution in [0.1, 0.15) is 19.0 Å². The summed E-state index contributed by atoms with van der Waals surface area (Å²) in [5.41, 5.74) is 0.873. The Labute approximate surface area is 148 Å². The van der Waals surface area contributed by atoms with Gasteiger partial charge in [-0.1, -0.05) is 25.1 Å². The summed E-state index contributed by atoms with van der Waals surface area (Å²) in [7, 11) is 0. The molecule has 0 saturated heterocycles. The molecule has 0 bridgehead atoms. The van der Waals surface area contributed by atoms with Crippen molar-refractivity contribution in [2.24, 2.45) is 0 Å². The van der Waals surface area contributed by atoms with Gasteiger partial charge in [0.15, 0.2) is 5.82 Å². The Balaban J connectivity index is 1.90. The molecule has 8 heteroatoms. The van der Waals surface area contributed by atoms with E-state index in [1.807, 2.05) is 6.92 Å². The Kier molecular flexibility index (Phi) is 5.03. The highest BCUT2D eigenvalue weighted by molar-refractivity contribution is 5.67. The molecule has 0 aliphatic rings. The fourth-order valence-electron chi connectivity index (χ4n) is 2.44. The molecule has 0 saturated carbocycles. The summed E-state index contributed by atoms with van der Waals surface area (Å²) in [6.07, 6.45) is -1.53. The van der Waals surface area contributed by atoms with Crippen LogP contribution in [0.4, 0.5) is 13.2 Å². The van der Waals surface area contributed by atoms with Gasteiger partial charge in [-0.2, -0.15) is 18.3 Å². The van der Waals surface area contributed by atoms with Gasteiger partial charge < -0.3 is 5.11 Å². The van der Waals surface area contributed by atoms with E-state index in [9.17, 15) is 18.3 Å². The lowest BCUT2D eigenvalue weighted by Gasteiger charge is -2.08. The molecule has 0 fully saturated rings. The Morgan fingerprint density at radius 1 is 1.15 bits per heavy atom. The number of hydrogen-bond donors (Lipinski definition) is 1. The molecule has 1 N–H and O–H groups in total. The highest BCUT2D eigenvalue weighted by Crippen LogP contribution is 2.29. The van der Waals surface area contributed by atoms with E-state index in [1.165, 1.54) is 0 Å². The number of aliphatic hydroxyl groups is 1. The SMILES string of the molecule is CC[C@@H](O)Cn1ccc(-c2cccc(-c3nccc(C(F)(F)F)n3)c2)n1. The maximum Gasteiger partial charge on any atom is 0.433 e. The van der Waals surface area contributed by atoms with Gasteiger partial charge in [0.1, 0.15) is 5.69 Å². The average molecular weight is 362 g/mol. The second-order valence-electron chi connectivity index (χ2n) is 5.83. The molecule has 0 amide bonds. The van der Waals surface area contributed by atoms with Crippen LogP contribution < -0.4 is 0 Å². The van der Waals surface area contributed by atoms with Crippen molar-refractivity contribution in [3.05, 3.63) is 54.5 Å². The minimum atomic E-state index is -4.52. The molecule has 2 heterocycles. The molecule has 5 nitrogen and oxygen atoms in total. The summed E-state index contributed by atoms with van der Waals surface area (Å²) < 4.78 is 40.2. The zero-order valence-electron chi connectivity index (χ0n) is 14.0. The standard InChI is InChI=1S/C18H17F3N4O/c1-2-14(26)11-25-9-7-15(24-25)12-4-3-5-13(10-12)17-22-8-6-16(23-17)18(19,20)21/h3-10,14,26H,2,11H2,1H3/t14-/m1/s1. The number of halogens is 3. The molecule has 1 aromatic carbocycles. The molecule has 1 atom stereocenters. The van der Waals surface area contributed by atoms with Crippen molar-refractivity contribution in [3.8, 4) is 22.6 Å². The van der Waals surface area contributed by atoms with Gasteiger partial charge in [-0.25, -0.2) is 9.97 Å². The monoisotopic (exact) mass is 362 g/mol. The van der Waals surface area contributed by atoms with E-state index in [4.69, 9.17) is 0 Å². The Hall–Kier alpha value is -2.74. The van der Waals surface area contributed by atoms with Crippen LogP contribution in [0.3, 0.4) is 0 Å². The van der Waals surface area contributed by atoms with Gasteiger partial charge in [-0.05, 0) is 24.6 Å². The Morgan fingerprint density at radius 2 is 1.92 bits per heavy atom. The molecule has 0 radical (unpaired) electrons. The molecule has 0 unspecified atom stereocenters. The van der Waals surface area contributed by atoms with E-state index in [0.29, 0.717) is 24.2 Å². The van der Waals surface area contributed by atoms with Crippen LogP contribution >= 0.6 is 0 Å². The largest absolute Gasteiger partial charge is 0.433 e. The van der Waals surface area contributed by atoms with Crippen LogP contribution in [0.15, 0.2) is 48.8 Å². The highest BCUT2D eigenvalue weighted by Gasteiger charge is 2.32. The molecule has 2 aromatic heterocycles. The van der Waals surface area contributed by atoms with Gasteiger partial charge in [0.05, 0.1) is 18.3 Å². The summed E-state index contributed by atoms with van der Waals surface area (Å²) in [6, 6.07) is 9.49. The third kappa shape index (κ3) is 4.08. The van der Waals surface area contributed by atoms with Crippen LogP contribution in [0.2, 0.25) is 0 Å². The molecular weight excluding hydrogens is 345 g/mol. The van der Waals surface area contributed by atoms with E-state index >= 15 is 0 Å². The van der Waals surface area contributed by atoms with Gasteiger partial charge in [-0.15, -0.1) is 0 Å². The average Bonchev–Trinajstić information content (AvgIpc) is 3.09. The lowest BCUT2D eigenvalue weighted by molar-refractivity contribution is -0.141. The summed E-state index contributed by atoms with van der Waals surface area (Å²) >= 11 is 0. The van der Waals surface area contributed by atoms with Crippen molar-refractivity contribution in [2.45, 2.75) is 32.2 Å². The first kappa shape index (κ1) is 18.1. The Morgan fingerprint density at radius 3 is 2.65 bits per heavy atom. The van der Waals surface area contributed by atoms with E-state index in [-0.39, 0.29) is 5.82 Å². The molecule has 0 spiro atoms. The number of nitrogens with zero attached hydrogens (tertiary/aromatic N) is 4. The number of benzene rings is 1. The topological polar surface area (TPSA) is 63.8 Å². The summed E-state index contributed by atoms with van der Waals surface area (Å²) in [5.74, 6) is 0.00233. The maximum absolute atomic E-state index is 12.8. The first-order valence-electron chi connectivity index (χ1n) is 8.09. The van der Waals surface area contributed by atoms with Crippen molar-refractivity contribution in [1.82, 2.24) is 19.7 Å². The van der Waals surface area contributed by atoms with E-state index in [1.54, 1.807) is 41.2 Å². The smallest absolute Gasteiger partial charge is 0.391 e. The van der Waals surface area contributed by atoms with Crippen molar-refractivity contribution < 1.29 is 18.3 Å². The normalized spacial score (nSPS) is 13.0. The first-order chi connectivity index (χ1) is 12.4. The zero-order chi connectivity index (χ0) is 18.7. The number of alkyl halides is 3. The summed E-state index contributed by atoms with van der Waals surface area (Å²) in [4.78, 5) is 7.55. The predicted molar refractivity (Wildman–Crippen MR) is 90.0 cm³/mol. The van der Waals surface area contributed by atoms with E-state index in [0.717, 1.165) is 17.8 Å². The van der Waals surface area contributed by atoms with E-state index < -0.39 is 18.0 Å². The highest BCUT2D eigenvalue weighted by atomic mass is 19.4. The molecule has 136 valence electrons.